The molecule has 0 atom stereocenters. The lowest BCUT2D eigenvalue weighted by Crippen LogP contribution is -2.35. The quantitative estimate of drug-likeness (QED) is 0.859. The summed E-state index contributed by atoms with van der Waals surface area (Å²) >= 11 is 4.91. The fourth-order valence-corrected chi connectivity index (χ4v) is 2.46. The molecule has 0 bridgehead atoms. The number of para-hydroxylation sites is 1. The Balaban J connectivity index is 1.87. The first-order valence-electron chi connectivity index (χ1n) is 6.72. The maximum Gasteiger partial charge on any atom is 0.258 e. The van der Waals surface area contributed by atoms with Gasteiger partial charge in [-0.1, -0.05) is 30.4 Å². The first kappa shape index (κ1) is 13.1. The Hall–Kier alpha value is -1.88. The van der Waals surface area contributed by atoms with E-state index in [0.717, 1.165) is 23.8 Å². The number of rotatable bonds is 5. The summed E-state index contributed by atoms with van der Waals surface area (Å²) < 4.78 is 5.45. The van der Waals surface area contributed by atoms with Crippen molar-refractivity contribution >= 4 is 34.1 Å². The van der Waals surface area contributed by atoms with E-state index in [0.29, 0.717) is 29.6 Å². The molecule has 1 aromatic carbocycles. The summed E-state index contributed by atoms with van der Waals surface area (Å²) in [4.78, 5) is 15.0. The van der Waals surface area contributed by atoms with Crippen LogP contribution in [0.5, 0.6) is 0 Å². The van der Waals surface area contributed by atoms with Crippen LogP contribution in [0.3, 0.4) is 0 Å². The molecule has 0 saturated heterocycles. The average molecular weight is 288 g/mol. The van der Waals surface area contributed by atoms with Crippen LogP contribution < -0.4 is 5.73 Å². The van der Waals surface area contributed by atoms with Gasteiger partial charge in [0.1, 0.15) is 11.8 Å². The van der Waals surface area contributed by atoms with Crippen molar-refractivity contribution in [2.75, 3.05) is 6.54 Å². The van der Waals surface area contributed by atoms with Crippen molar-refractivity contribution in [3.8, 4) is 0 Å². The largest absolute Gasteiger partial charge is 0.463 e. The molecule has 1 aliphatic rings. The Labute approximate surface area is 122 Å². The van der Waals surface area contributed by atoms with Crippen molar-refractivity contribution in [3.63, 3.8) is 0 Å². The molecule has 1 amide bonds. The normalized spacial score (nSPS) is 14.4. The van der Waals surface area contributed by atoms with E-state index in [2.05, 4.69) is 0 Å². The van der Waals surface area contributed by atoms with Crippen LogP contribution in [0.1, 0.15) is 29.6 Å². The number of nitrogens with two attached hydrogens (primary N) is 1. The first-order chi connectivity index (χ1) is 9.66. The molecule has 5 heteroatoms. The Morgan fingerprint density at radius 1 is 1.40 bits per heavy atom. The molecular formula is C15H16N2O2S. The van der Waals surface area contributed by atoms with Crippen LogP contribution >= 0.6 is 12.2 Å². The van der Waals surface area contributed by atoms with Crippen molar-refractivity contribution < 1.29 is 9.21 Å². The predicted molar refractivity (Wildman–Crippen MR) is 81.7 cm³/mol. The number of furan rings is 1. The molecule has 2 N–H and O–H groups in total. The fourth-order valence-electron chi connectivity index (χ4n) is 2.36. The summed E-state index contributed by atoms with van der Waals surface area (Å²) in [5.74, 6) is 0.00806. The molecule has 1 heterocycles. The maximum absolute atomic E-state index is 12.7. The smallest absolute Gasteiger partial charge is 0.258 e. The minimum atomic E-state index is 0.00806. The number of benzene rings is 1. The molecule has 1 aliphatic carbocycles. The highest BCUT2D eigenvalue weighted by Crippen LogP contribution is 2.30. The molecule has 3 rings (SSSR count). The van der Waals surface area contributed by atoms with Crippen LogP contribution in [0, 0.1) is 0 Å². The van der Waals surface area contributed by atoms with Crippen molar-refractivity contribution in [1.82, 2.24) is 4.90 Å². The molecule has 0 radical (unpaired) electrons. The third-order valence-corrected chi connectivity index (χ3v) is 3.76. The minimum absolute atomic E-state index is 0.00806. The minimum Gasteiger partial charge on any atom is -0.463 e. The van der Waals surface area contributed by atoms with E-state index in [1.165, 1.54) is 0 Å². The van der Waals surface area contributed by atoms with Gasteiger partial charge in [-0.05, 0) is 18.9 Å². The van der Waals surface area contributed by atoms with E-state index in [1.54, 1.807) is 6.26 Å². The predicted octanol–water partition coefficient (Wildman–Crippen LogP) is 2.71. The zero-order valence-electron chi connectivity index (χ0n) is 11.0. The van der Waals surface area contributed by atoms with Gasteiger partial charge in [-0.15, -0.1) is 0 Å². The van der Waals surface area contributed by atoms with Crippen molar-refractivity contribution in [3.05, 3.63) is 36.1 Å². The summed E-state index contributed by atoms with van der Waals surface area (Å²) in [6.45, 7) is 0.582. The first-order valence-corrected chi connectivity index (χ1v) is 7.13. The molecule has 0 unspecified atom stereocenters. The highest BCUT2D eigenvalue weighted by molar-refractivity contribution is 7.80. The molecule has 104 valence electrons. The topological polar surface area (TPSA) is 59.5 Å². The van der Waals surface area contributed by atoms with Crippen LogP contribution in [0.25, 0.3) is 11.0 Å². The number of carbonyl (C=O) groups excluding carboxylic acids is 1. The number of fused-ring (bicyclic) bond motifs is 1. The highest BCUT2D eigenvalue weighted by atomic mass is 32.1. The summed E-state index contributed by atoms with van der Waals surface area (Å²) in [6, 6.07) is 7.90. The van der Waals surface area contributed by atoms with Gasteiger partial charge < -0.3 is 15.1 Å². The molecule has 20 heavy (non-hydrogen) atoms. The van der Waals surface area contributed by atoms with E-state index in [9.17, 15) is 4.79 Å². The van der Waals surface area contributed by atoms with E-state index in [1.807, 2.05) is 29.2 Å². The lowest BCUT2D eigenvalue weighted by Gasteiger charge is -2.21. The summed E-state index contributed by atoms with van der Waals surface area (Å²) in [7, 11) is 0. The Bertz CT molecular complexity index is 661. The fraction of sp³-hybridized carbons (Fsp3) is 0.333. The lowest BCUT2D eigenvalue weighted by molar-refractivity contribution is 0.0749. The van der Waals surface area contributed by atoms with Gasteiger partial charge in [0, 0.05) is 24.4 Å². The Kier molecular flexibility index (Phi) is 3.44. The third kappa shape index (κ3) is 2.54. The van der Waals surface area contributed by atoms with Crippen LogP contribution in [0.4, 0.5) is 0 Å². The van der Waals surface area contributed by atoms with Crippen LogP contribution in [-0.2, 0) is 0 Å². The van der Waals surface area contributed by atoms with Gasteiger partial charge in [0.05, 0.1) is 10.6 Å². The van der Waals surface area contributed by atoms with Gasteiger partial charge in [-0.2, -0.15) is 0 Å². The zero-order valence-corrected chi connectivity index (χ0v) is 11.9. The summed E-state index contributed by atoms with van der Waals surface area (Å²) in [5, 5.41) is 0.860. The second-order valence-corrected chi connectivity index (χ2v) is 5.62. The molecule has 4 nitrogen and oxygen atoms in total. The van der Waals surface area contributed by atoms with Gasteiger partial charge in [0.2, 0.25) is 0 Å². The van der Waals surface area contributed by atoms with Gasteiger partial charge in [0.25, 0.3) is 5.91 Å². The number of nitrogens with zero attached hydrogens (tertiary/aromatic N) is 1. The lowest BCUT2D eigenvalue weighted by atomic mass is 10.1. The van der Waals surface area contributed by atoms with Crippen LogP contribution in [0.15, 0.2) is 34.9 Å². The molecule has 0 aliphatic heterocycles. The third-order valence-electron chi connectivity index (χ3n) is 3.56. The van der Waals surface area contributed by atoms with Gasteiger partial charge in [0.15, 0.2) is 0 Å². The molecule has 2 aromatic rings. The van der Waals surface area contributed by atoms with Gasteiger partial charge in [-0.3, -0.25) is 4.79 Å². The number of hydrogen-bond acceptors (Lipinski definition) is 3. The summed E-state index contributed by atoms with van der Waals surface area (Å²) in [5.41, 5.74) is 6.90. The van der Waals surface area contributed by atoms with Crippen molar-refractivity contribution in [2.24, 2.45) is 5.73 Å². The Morgan fingerprint density at radius 2 is 2.15 bits per heavy atom. The van der Waals surface area contributed by atoms with E-state index >= 15 is 0 Å². The van der Waals surface area contributed by atoms with E-state index in [4.69, 9.17) is 22.4 Å². The Morgan fingerprint density at radius 3 is 2.85 bits per heavy atom. The van der Waals surface area contributed by atoms with E-state index < -0.39 is 0 Å². The second-order valence-electron chi connectivity index (χ2n) is 5.09. The standard InChI is InChI=1S/C15H16N2O2S/c16-14(20)7-8-17(10-5-6-10)15(18)12-9-19-13-4-2-1-3-11(12)13/h1-4,9-10H,5-8H2,(H2,16,20). The number of hydrogen-bond donors (Lipinski definition) is 1. The van der Waals surface area contributed by atoms with Gasteiger partial charge >= 0.3 is 0 Å². The number of amides is 1. The highest BCUT2D eigenvalue weighted by Gasteiger charge is 2.33. The van der Waals surface area contributed by atoms with Crippen molar-refractivity contribution in [1.29, 1.82) is 0 Å². The number of carbonyl (C=O) groups is 1. The second kappa shape index (κ2) is 5.25. The SMILES string of the molecule is NC(=S)CCN(C(=O)c1coc2ccccc12)C1CC1. The molecule has 1 aromatic heterocycles. The zero-order chi connectivity index (χ0) is 14.1. The molecule has 1 saturated carbocycles. The monoisotopic (exact) mass is 288 g/mol. The van der Waals surface area contributed by atoms with Crippen molar-refractivity contribution in [2.45, 2.75) is 25.3 Å². The number of thiocarbonyl (C=S) groups is 1. The molecule has 1 fully saturated rings. The van der Waals surface area contributed by atoms with Gasteiger partial charge in [-0.25, -0.2) is 0 Å². The average Bonchev–Trinajstić information content (AvgIpc) is 3.17. The molecular weight excluding hydrogens is 272 g/mol. The van der Waals surface area contributed by atoms with E-state index in [-0.39, 0.29) is 5.91 Å². The maximum atomic E-state index is 12.7. The van der Waals surface area contributed by atoms with Crippen LogP contribution in [-0.4, -0.2) is 28.4 Å². The molecule has 0 spiro atoms. The summed E-state index contributed by atoms with van der Waals surface area (Å²) in [6.07, 6.45) is 4.22. The van der Waals surface area contributed by atoms with Crippen LogP contribution in [0.2, 0.25) is 0 Å².